The number of anilines is 2. The fraction of sp³-hybridized carbons (Fsp3) is 0.429. The maximum Gasteiger partial charge on any atom is 0.245 e. The van der Waals surface area contributed by atoms with Crippen LogP contribution >= 0.6 is 0 Å². The van der Waals surface area contributed by atoms with Gasteiger partial charge in [-0.1, -0.05) is 26.0 Å². The van der Waals surface area contributed by atoms with Crippen LogP contribution in [0.15, 0.2) is 53.5 Å². The van der Waals surface area contributed by atoms with Gasteiger partial charge in [-0.15, -0.1) is 0 Å². The Bertz CT molecular complexity index is 1640. The Morgan fingerprint density at radius 3 is 2.30 bits per heavy atom. The van der Waals surface area contributed by atoms with E-state index in [0.29, 0.717) is 67.5 Å². The van der Waals surface area contributed by atoms with Crippen molar-refractivity contribution >= 4 is 23.3 Å². The van der Waals surface area contributed by atoms with Crippen molar-refractivity contribution in [1.29, 1.82) is 0 Å². The summed E-state index contributed by atoms with van der Waals surface area (Å²) in [6, 6.07) is 11.8. The molecule has 1 fully saturated rings. The standard InChI is InChI=1S/C35H43N5O6/c1-21(2)32(35(43)40-17-15-39(16-18-40)30-9-7-8-14-36-30)38-27-13-11-24-25(20-28(27)42)26(37-22(3)41)12-10-23-19-29(44-4)33(45-5)34(46-6)31(23)24/h7-9,11,13-14,19-21,26,32H,10,12,15-18H2,1-6H3,(H,37,41)(H,38,42). The van der Waals surface area contributed by atoms with E-state index in [0.717, 1.165) is 22.5 Å². The zero-order chi connectivity index (χ0) is 33.0. The molecule has 46 heavy (non-hydrogen) atoms. The number of amides is 2. The summed E-state index contributed by atoms with van der Waals surface area (Å²) < 4.78 is 17.2. The molecular formula is C35H43N5O6. The number of rotatable bonds is 9. The molecule has 2 amide bonds. The van der Waals surface area contributed by atoms with Crippen molar-refractivity contribution in [3.05, 3.63) is 70.0 Å². The van der Waals surface area contributed by atoms with Gasteiger partial charge in [-0.25, -0.2) is 4.98 Å². The van der Waals surface area contributed by atoms with Crippen molar-refractivity contribution in [2.75, 3.05) is 57.7 Å². The van der Waals surface area contributed by atoms with Crippen molar-refractivity contribution in [3.8, 4) is 28.4 Å². The molecule has 2 N–H and O–H groups in total. The van der Waals surface area contributed by atoms with E-state index in [1.165, 1.54) is 6.92 Å². The van der Waals surface area contributed by atoms with Crippen molar-refractivity contribution in [3.63, 3.8) is 0 Å². The van der Waals surface area contributed by atoms with Gasteiger partial charge in [0.05, 0.1) is 33.1 Å². The SMILES string of the molecule is COc1cc2c(c(OC)c1OC)-c1ccc(NC(C(=O)N3CCN(c4ccccn4)CC3)C(C)C)c(=O)cc1C(NC(C)=O)CC2. The minimum atomic E-state index is -0.617. The molecule has 2 aliphatic rings. The minimum absolute atomic E-state index is 0.0527. The van der Waals surface area contributed by atoms with E-state index >= 15 is 0 Å². The van der Waals surface area contributed by atoms with Crippen LogP contribution in [0.25, 0.3) is 11.1 Å². The van der Waals surface area contributed by atoms with Gasteiger partial charge in [-0.3, -0.25) is 14.4 Å². The van der Waals surface area contributed by atoms with Gasteiger partial charge in [0, 0.05) is 44.9 Å². The second-order valence-electron chi connectivity index (χ2n) is 12.0. The molecule has 2 unspecified atom stereocenters. The molecule has 11 nitrogen and oxygen atoms in total. The number of hydrogen-bond acceptors (Lipinski definition) is 9. The number of ether oxygens (including phenoxy) is 3. The summed E-state index contributed by atoms with van der Waals surface area (Å²) in [6.45, 7) is 7.86. The third kappa shape index (κ3) is 6.59. The number of hydrogen-bond donors (Lipinski definition) is 2. The lowest BCUT2D eigenvalue weighted by molar-refractivity contribution is -0.133. The molecule has 0 saturated carbocycles. The third-order valence-electron chi connectivity index (χ3n) is 8.72. The predicted molar refractivity (Wildman–Crippen MR) is 178 cm³/mol. The second kappa shape index (κ2) is 14.1. The molecule has 1 saturated heterocycles. The lowest BCUT2D eigenvalue weighted by Gasteiger charge is -2.37. The zero-order valence-electron chi connectivity index (χ0n) is 27.4. The number of benzene rings is 1. The summed E-state index contributed by atoms with van der Waals surface area (Å²) >= 11 is 0. The lowest BCUT2D eigenvalue weighted by Crippen LogP contribution is -2.54. The number of carbonyl (C=O) groups excluding carboxylic acids is 2. The van der Waals surface area contributed by atoms with E-state index in [2.05, 4.69) is 20.5 Å². The molecule has 244 valence electrons. The largest absolute Gasteiger partial charge is 0.493 e. The number of carbonyl (C=O) groups is 2. The number of aryl methyl sites for hydroxylation is 1. The molecule has 1 aliphatic carbocycles. The summed E-state index contributed by atoms with van der Waals surface area (Å²) in [7, 11) is 4.69. The number of pyridine rings is 1. The van der Waals surface area contributed by atoms with Gasteiger partial charge in [-0.2, -0.15) is 0 Å². The number of nitrogens with zero attached hydrogens (tertiary/aromatic N) is 3. The highest BCUT2D eigenvalue weighted by Gasteiger charge is 2.32. The molecular weight excluding hydrogens is 586 g/mol. The monoisotopic (exact) mass is 629 g/mol. The van der Waals surface area contributed by atoms with Gasteiger partial charge in [0.15, 0.2) is 11.5 Å². The first kappa shape index (κ1) is 32.6. The first-order valence-electron chi connectivity index (χ1n) is 15.7. The summed E-state index contributed by atoms with van der Waals surface area (Å²) in [6.07, 6.45) is 2.93. The van der Waals surface area contributed by atoms with E-state index in [4.69, 9.17) is 14.2 Å². The Hall–Kier alpha value is -4.80. The van der Waals surface area contributed by atoms with Gasteiger partial charge < -0.3 is 34.6 Å². The van der Waals surface area contributed by atoms with Crippen LogP contribution in [0, 0.1) is 5.92 Å². The molecule has 0 spiro atoms. The van der Waals surface area contributed by atoms with Crippen molar-refractivity contribution < 1.29 is 23.8 Å². The van der Waals surface area contributed by atoms with E-state index in [9.17, 15) is 14.4 Å². The normalized spacial score (nSPS) is 16.5. The van der Waals surface area contributed by atoms with Gasteiger partial charge in [-0.05, 0) is 65.8 Å². The molecule has 1 aliphatic heterocycles. The topological polar surface area (TPSA) is 122 Å². The summed E-state index contributed by atoms with van der Waals surface area (Å²) in [5, 5.41) is 6.33. The quantitative estimate of drug-likeness (QED) is 0.361. The summed E-state index contributed by atoms with van der Waals surface area (Å²) in [5.74, 6) is 2.01. The van der Waals surface area contributed by atoms with Crippen LogP contribution < -0.4 is 35.2 Å². The van der Waals surface area contributed by atoms with E-state index < -0.39 is 12.1 Å². The number of methoxy groups -OCH3 is 3. The lowest BCUT2D eigenvalue weighted by atomic mass is 9.95. The van der Waals surface area contributed by atoms with Crippen LogP contribution in [-0.4, -0.2) is 75.2 Å². The van der Waals surface area contributed by atoms with Gasteiger partial charge in [0.25, 0.3) is 0 Å². The van der Waals surface area contributed by atoms with Gasteiger partial charge in [0.1, 0.15) is 11.9 Å². The van der Waals surface area contributed by atoms with E-state index in [1.807, 2.05) is 49.1 Å². The Kier molecular flexibility index (Phi) is 9.99. The van der Waals surface area contributed by atoms with Crippen LogP contribution in [0.4, 0.5) is 11.5 Å². The van der Waals surface area contributed by atoms with Gasteiger partial charge in [0.2, 0.25) is 23.0 Å². The van der Waals surface area contributed by atoms with Crippen LogP contribution in [0.3, 0.4) is 0 Å². The molecule has 3 aromatic rings. The summed E-state index contributed by atoms with van der Waals surface area (Å²) in [4.78, 5) is 48.5. The predicted octanol–water partition coefficient (Wildman–Crippen LogP) is 4.04. The van der Waals surface area contributed by atoms with Crippen molar-refractivity contribution in [2.24, 2.45) is 5.92 Å². The van der Waals surface area contributed by atoms with Crippen LogP contribution in [0.1, 0.15) is 44.4 Å². The fourth-order valence-corrected chi connectivity index (χ4v) is 6.40. The minimum Gasteiger partial charge on any atom is -0.493 e. The molecule has 0 radical (unpaired) electrons. The zero-order valence-corrected chi connectivity index (χ0v) is 27.4. The van der Waals surface area contributed by atoms with Crippen LogP contribution in [0.2, 0.25) is 0 Å². The highest BCUT2D eigenvalue weighted by molar-refractivity contribution is 5.86. The first-order chi connectivity index (χ1) is 22.2. The van der Waals surface area contributed by atoms with Crippen molar-refractivity contribution in [1.82, 2.24) is 15.2 Å². The van der Waals surface area contributed by atoms with E-state index in [-0.39, 0.29) is 23.2 Å². The average Bonchev–Trinajstić information content (AvgIpc) is 3.30. The first-order valence-corrected chi connectivity index (χ1v) is 15.7. The second-order valence-corrected chi connectivity index (χ2v) is 12.0. The number of nitrogens with one attached hydrogen (secondary N) is 2. The maximum absolute atomic E-state index is 13.9. The Morgan fingerprint density at radius 1 is 0.957 bits per heavy atom. The highest BCUT2D eigenvalue weighted by Crippen LogP contribution is 2.50. The number of fused-ring (bicyclic) bond motifs is 3. The van der Waals surface area contributed by atoms with E-state index in [1.54, 1.807) is 39.7 Å². The molecule has 5 rings (SSSR count). The number of aromatic nitrogens is 1. The van der Waals surface area contributed by atoms with Crippen LogP contribution in [0.5, 0.6) is 17.2 Å². The maximum atomic E-state index is 13.9. The third-order valence-corrected chi connectivity index (χ3v) is 8.72. The Morgan fingerprint density at radius 2 is 1.70 bits per heavy atom. The van der Waals surface area contributed by atoms with Gasteiger partial charge >= 0.3 is 0 Å². The molecule has 1 aromatic heterocycles. The molecule has 2 aromatic carbocycles. The fourth-order valence-electron chi connectivity index (χ4n) is 6.40. The molecule has 2 heterocycles. The highest BCUT2D eigenvalue weighted by atomic mass is 16.5. The van der Waals surface area contributed by atoms with Crippen LogP contribution in [-0.2, 0) is 16.0 Å². The Balaban J connectivity index is 1.51. The Labute approximate surface area is 269 Å². The number of piperazine rings is 1. The average molecular weight is 630 g/mol. The van der Waals surface area contributed by atoms with Crippen molar-refractivity contribution in [2.45, 2.75) is 45.7 Å². The molecule has 0 bridgehead atoms. The molecule has 2 atom stereocenters. The molecule has 11 heteroatoms. The summed E-state index contributed by atoms with van der Waals surface area (Å²) in [5.41, 5.74) is 3.12. The smallest absolute Gasteiger partial charge is 0.245 e.